The monoisotopic (exact) mass is 347 g/mol. The summed E-state index contributed by atoms with van der Waals surface area (Å²) in [5.41, 5.74) is 0.996. The third kappa shape index (κ3) is 4.71. The van der Waals surface area contributed by atoms with Gasteiger partial charge in [0.15, 0.2) is 0 Å². The Labute approximate surface area is 148 Å². The number of nitrogens with one attached hydrogen (secondary N) is 1. The molecule has 3 rings (SSSR count). The molecule has 2 fully saturated rings. The van der Waals surface area contributed by atoms with Gasteiger partial charge in [-0.1, -0.05) is 12.1 Å². The number of carbonyl (C=O) groups excluding carboxylic acids is 2. The van der Waals surface area contributed by atoms with Crippen molar-refractivity contribution in [1.82, 2.24) is 15.1 Å². The third-order valence-electron chi connectivity index (χ3n) is 5.07. The highest BCUT2D eigenvalue weighted by molar-refractivity contribution is 5.81. The van der Waals surface area contributed by atoms with Gasteiger partial charge in [0.25, 0.3) is 0 Å². The van der Waals surface area contributed by atoms with Crippen LogP contribution in [-0.2, 0) is 11.2 Å². The molecule has 1 N–H and O–H groups in total. The number of hydrogen-bond donors (Lipinski definition) is 1. The molecule has 0 unspecified atom stereocenters. The fourth-order valence-electron chi connectivity index (χ4n) is 3.60. The SMILES string of the molecule is O=C(NCCc1ccc(F)cc1)[C@@H]1CCCN(C(=O)N2CCCC2)C1. The number of urea groups is 1. The van der Waals surface area contributed by atoms with Gasteiger partial charge in [0.1, 0.15) is 5.82 Å². The van der Waals surface area contributed by atoms with Gasteiger partial charge < -0.3 is 15.1 Å². The smallest absolute Gasteiger partial charge is 0.320 e. The summed E-state index contributed by atoms with van der Waals surface area (Å²) >= 11 is 0. The van der Waals surface area contributed by atoms with E-state index in [1.807, 2.05) is 9.80 Å². The topological polar surface area (TPSA) is 52.7 Å². The van der Waals surface area contributed by atoms with Crippen LogP contribution >= 0.6 is 0 Å². The zero-order valence-corrected chi connectivity index (χ0v) is 14.5. The van der Waals surface area contributed by atoms with E-state index in [1.165, 1.54) is 12.1 Å². The summed E-state index contributed by atoms with van der Waals surface area (Å²) in [6.45, 7) is 3.46. The molecular weight excluding hydrogens is 321 g/mol. The molecule has 0 spiro atoms. The molecule has 0 bridgehead atoms. The fraction of sp³-hybridized carbons (Fsp3) is 0.579. The summed E-state index contributed by atoms with van der Waals surface area (Å²) in [7, 11) is 0. The van der Waals surface area contributed by atoms with Crippen molar-refractivity contribution in [1.29, 1.82) is 0 Å². The lowest BCUT2D eigenvalue weighted by atomic mass is 9.97. The molecule has 0 aromatic heterocycles. The Morgan fingerprint density at radius 1 is 1.04 bits per heavy atom. The predicted octanol–water partition coefficient (Wildman–Crippen LogP) is 2.41. The number of benzene rings is 1. The zero-order chi connectivity index (χ0) is 17.6. The maximum Gasteiger partial charge on any atom is 0.320 e. The molecule has 2 saturated heterocycles. The van der Waals surface area contributed by atoms with E-state index in [9.17, 15) is 14.0 Å². The second-order valence-corrected chi connectivity index (χ2v) is 6.93. The first kappa shape index (κ1) is 17.7. The normalized spacial score (nSPS) is 20.6. The highest BCUT2D eigenvalue weighted by Gasteiger charge is 2.31. The Morgan fingerprint density at radius 2 is 1.72 bits per heavy atom. The number of rotatable bonds is 4. The number of halogens is 1. The van der Waals surface area contributed by atoms with Gasteiger partial charge in [-0.15, -0.1) is 0 Å². The lowest BCUT2D eigenvalue weighted by Gasteiger charge is -2.34. The van der Waals surface area contributed by atoms with Crippen LogP contribution in [0.4, 0.5) is 9.18 Å². The van der Waals surface area contributed by atoms with E-state index >= 15 is 0 Å². The number of nitrogens with zero attached hydrogens (tertiary/aromatic N) is 2. The Hall–Kier alpha value is -2.11. The molecule has 0 saturated carbocycles. The average molecular weight is 347 g/mol. The van der Waals surface area contributed by atoms with Crippen molar-refractivity contribution in [2.24, 2.45) is 5.92 Å². The minimum atomic E-state index is -0.252. The quantitative estimate of drug-likeness (QED) is 0.909. The second-order valence-electron chi connectivity index (χ2n) is 6.93. The maximum absolute atomic E-state index is 12.9. The van der Waals surface area contributed by atoms with Crippen molar-refractivity contribution in [2.75, 3.05) is 32.7 Å². The molecule has 0 aliphatic carbocycles. The molecule has 5 nitrogen and oxygen atoms in total. The largest absolute Gasteiger partial charge is 0.355 e. The molecule has 2 aliphatic rings. The summed E-state index contributed by atoms with van der Waals surface area (Å²) < 4.78 is 12.9. The van der Waals surface area contributed by atoms with Gasteiger partial charge in [0.2, 0.25) is 5.91 Å². The Bertz CT molecular complexity index is 599. The number of piperidine rings is 1. The van der Waals surface area contributed by atoms with Crippen LogP contribution in [-0.4, -0.2) is 54.5 Å². The van der Waals surface area contributed by atoms with E-state index < -0.39 is 0 Å². The number of hydrogen-bond acceptors (Lipinski definition) is 2. The van der Waals surface area contributed by atoms with Crippen LogP contribution in [0.25, 0.3) is 0 Å². The summed E-state index contributed by atoms with van der Waals surface area (Å²) in [6, 6.07) is 6.42. The summed E-state index contributed by atoms with van der Waals surface area (Å²) in [5.74, 6) is -0.368. The molecule has 6 heteroatoms. The van der Waals surface area contributed by atoms with Gasteiger partial charge in [-0.3, -0.25) is 4.79 Å². The molecule has 3 amide bonds. The van der Waals surface area contributed by atoms with Gasteiger partial charge in [-0.05, 0) is 49.8 Å². The standard InChI is InChI=1S/C19H26FN3O2/c20-17-7-5-15(6-8-17)9-10-21-18(24)16-4-3-13-23(14-16)19(25)22-11-1-2-12-22/h5-8,16H,1-4,9-14H2,(H,21,24)/t16-/m1/s1. The minimum absolute atomic E-state index is 0.0148. The van der Waals surface area contributed by atoms with Crippen molar-refractivity contribution in [3.05, 3.63) is 35.6 Å². The van der Waals surface area contributed by atoms with Gasteiger partial charge in [-0.25, -0.2) is 9.18 Å². The third-order valence-corrected chi connectivity index (χ3v) is 5.07. The van der Waals surface area contributed by atoms with Crippen molar-refractivity contribution < 1.29 is 14.0 Å². The highest BCUT2D eigenvalue weighted by Crippen LogP contribution is 2.20. The van der Waals surface area contributed by atoms with Gasteiger partial charge in [0.05, 0.1) is 5.92 Å². The predicted molar refractivity (Wildman–Crippen MR) is 93.6 cm³/mol. The Balaban J connectivity index is 1.44. The average Bonchev–Trinajstić information content (AvgIpc) is 3.17. The maximum atomic E-state index is 12.9. The molecular formula is C19H26FN3O2. The van der Waals surface area contributed by atoms with E-state index in [-0.39, 0.29) is 23.7 Å². The van der Waals surface area contributed by atoms with E-state index in [4.69, 9.17) is 0 Å². The minimum Gasteiger partial charge on any atom is -0.355 e. The molecule has 1 aromatic rings. The van der Waals surface area contributed by atoms with Crippen LogP contribution in [0, 0.1) is 11.7 Å². The summed E-state index contributed by atoms with van der Waals surface area (Å²) in [5, 5.41) is 2.96. The first-order valence-electron chi connectivity index (χ1n) is 9.19. The summed E-state index contributed by atoms with van der Waals surface area (Å²) in [4.78, 5) is 28.6. The number of carbonyl (C=O) groups is 2. The first-order chi connectivity index (χ1) is 12.1. The molecule has 2 heterocycles. The second kappa shape index (κ2) is 8.32. The van der Waals surface area contributed by atoms with Crippen LogP contribution in [0.15, 0.2) is 24.3 Å². The lowest BCUT2D eigenvalue weighted by molar-refractivity contribution is -0.126. The molecule has 1 aromatic carbocycles. The lowest BCUT2D eigenvalue weighted by Crippen LogP contribution is -2.49. The molecule has 1 atom stereocenters. The molecule has 136 valence electrons. The van der Waals surface area contributed by atoms with Gasteiger partial charge in [0, 0.05) is 32.7 Å². The van der Waals surface area contributed by atoms with Crippen molar-refractivity contribution >= 4 is 11.9 Å². The van der Waals surface area contributed by atoms with Crippen LogP contribution in [0.3, 0.4) is 0 Å². The zero-order valence-electron chi connectivity index (χ0n) is 14.5. The van der Waals surface area contributed by atoms with Gasteiger partial charge >= 0.3 is 6.03 Å². The Morgan fingerprint density at radius 3 is 2.44 bits per heavy atom. The first-order valence-corrected chi connectivity index (χ1v) is 9.19. The van der Waals surface area contributed by atoms with E-state index in [0.717, 1.165) is 50.9 Å². The van der Waals surface area contributed by atoms with Crippen LogP contribution in [0.2, 0.25) is 0 Å². The van der Waals surface area contributed by atoms with Crippen LogP contribution < -0.4 is 5.32 Å². The van der Waals surface area contributed by atoms with Crippen LogP contribution in [0.5, 0.6) is 0 Å². The van der Waals surface area contributed by atoms with E-state index in [0.29, 0.717) is 19.5 Å². The molecule has 2 aliphatic heterocycles. The van der Waals surface area contributed by atoms with Crippen molar-refractivity contribution in [3.63, 3.8) is 0 Å². The van der Waals surface area contributed by atoms with Crippen molar-refractivity contribution in [3.8, 4) is 0 Å². The highest BCUT2D eigenvalue weighted by atomic mass is 19.1. The Kier molecular flexibility index (Phi) is 5.89. The fourth-order valence-corrected chi connectivity index (χ4v) is 3.60. The molecule has 0 radical (unpaired) electrons. The van der Waals surface area contributed by atoms with Crippen molar-refractivity contribution in [2.45, 2.75) is 32.1 Å². The van der Waals surface area contributed by atoms with E-state index in [2.05, 4.69) is 5.32 Å². The molecule has 25 heavy (non-hydrogen) atoms. The number of likely N-dealkylation sites (tertiary alicyclic amines) is 2. The van der Waals surface area contributed by atoms with Gasteiger partial charge in [-0.2, -0.15) is 0 Å². The van der Waals surface area contributed by atoms with E-state index in [1.54, 1.807) is 12.1 Å². The number of amides is 3. The van der Waals surface area contributed by atoms with Crippen LogP contribution in [0.1, 0.15) is 31.2 Å². The summed E-state index contributed by atoms with van der Waals surface area (Å²) in [6.07, 6.45) is 4.52.